The molecule has 96 valence electrons. The molecule has 2 fully saturated rings. The summed E-state index contributed by atoms with van der Waals surface area (Å²) < 4.78 is 19.5. The smallest absolute Gasteiger partial charge is 0.128 e. The lowest BCUT2D eigenvalue weighted by molar-refractivity contribution is -0.0511. The number of ether oxygens (including phenoxy) is 1. The highest BCUT2D eigenvalue weighted by Gasteiger charge is 2.55. The summed E-state index contributed by atoms with van der Waals surface area (Å²) in [6.45, 7) is 0. The van der Waals surface area contributed by atoms with Gasteiger partial charge in [0.2, 0.25) is 0 Å². The van der Waals surface area contributed by atoms with E-state index in [-0.39, 0.29) is 11.4 Å². The maximum absolute atomic E-state index is 13.3. The summed E-state index contributed by atoms with van der Waals surface area (Å²) >= 11 is 0. The molecule has 1 spiro atoms. The fourth-order valence-electron chi connectivity index (χ4n) is 4.34. The van der Waals surface area contributed by atoms with E-state index in [9.17, 15) is 9.50 Å². The molecule has 18 heavy (non-hydrogen) atoms. The standard InChI is InChI=1S/C15H17FO2/c16-11-3-4-12-13(17)8-15(18-14(12)6-11)7-9-1-2-10(15)5-9/h3-4,6,9-10,13,17H,1-2,5,7-8H2. The van der Waals surface area contributed by atoms with E-state index in [2.05, 4.69) is 0 Å². The van der Waals surface area contributed by atoms with Gasteiger partial charge in [-0.3, -0.25) is 0 Å². The van der Waals surface area contributed by atoms with Crippen LogP contribution in [0.3, 0.4) is 0 Å². The van der Waals surface area contributed by atoms with Gasteiger partial charge in [0.05, 0.1) is 6.10 Å². The van der Waals surface area contributed by atoms with Crippen molar-refractivity contribution in [2.45, 2.75) is 43.8 Å². The van der Waals surface area contributed by atoms with Crippen LogP contribution in [0.25, 0.3) is 0 Å². The van der Waals surface area contributed by atoms with Crippen molar-refractivity contribution in [1.82, 2.24) is 0 Å². The highest BCUT2D eigenvalue weighted by atomic mass is 19.1. The van der Waals surface area contributed by atoms with Crippen molar-refractivity contribution in [3.05, 3.63) is 29.6 Å². The van der Waals surface area contributed by atoms with Gasteiger partial charge in [0.1, 0.15) is 17.2 Å². The van der Waals surface area contributed by atoms with Gasteiger partial charge in [-0.15, -0.1) is 0 Å². The number of hydrogen-bond acceptors (Lipinski definition) is 2. The largest absolute Gasteiger partial charge is 0.486 e. The van der Waals surface area contributed by atoms with Gasteiger partial charge < -0.3 is 9.84 Å². The second-order valence-electron chi connectivity index (χ2n) is 6.15. The maximum atomic E-state index is 13.3. The predicted octanol–water partition coefficient (Wildman–Crippen LogP) is 3.20. The van der Waals surface area contributed by atoms with Crippen LogP contribution in [0.15, 0.2) is 18.2 Å². The lowest BCUT2D eigenvalue weighted by atomic mass is 9.77. The van der Waals surface area contributed by atoms with Gasteiger partial charge in [-0.05, 0) is 49.7 Å². The van der Waals surface area contributed by atoms with Crippen LogP contribution in [-0.4, -0.2) is 10.7 Å². The monoisotopic (exact) mass is 248 g/mol. The summed E-state index contributed by atoms with van der Waals surface area (Å²) in [5, 5.41) is 10.3. The van der Waals surface area contributed by atoms with E-state index in [0.717, 1.165) is 17.9 Å². The Morgan fingerprint density at radius 1 is 1.28 bits per heavy atom. The first-order valence-corrected chi connectivity index (χ1v) is 6.83. The molecule has 4 atom stereocenters. The van der Waals surface area contributed by atoms with Gasteiger partial charge >= 0.3 is 0 Å². The average Bonchev–Trinajstić information content (AvgIpc) is 2.88. The molecule has 2 bridgehead atoms. The molecule has 2 nitrogen and oxygen atoms in total. The van der Waals surface area contributed by atoms with Gasteiger partial charge in [-0.1, -0.05) is 0 Å². The SMILES string of the molecule is OC1CC2(CC3CCC2C3)Oc2cc(F)ccc21. The van der Waals surface area contributed by atoms with Crippen molar-refractivity contribution >= 4 is 0 Å². The van der Waals surface area contributed by atoms with E-state index in [1.807, 2.05) is 0 Å². The zero-order valence-corrected chi connectivity index (χ0v) is 10.2. The molecule has 1 aliphatic heterocycles. The third kappa shape index (κ3) is 1.37. The zero-order valence-electron chi connectivity index (χ0n) is 10.2. The lowest BCUT2D eigenvalue weighted by Crippen LogP contribution is -2.45. The molecule has 3 heteroatoms. The van der Waals surface area contributed by atoms with Gasteiger partial charge in [-0.2, -0.15) is 0 Å². The normalized spacial score (nSPS) is 40.9. The number of rotatable bonds is 0. The van der Waals surface area contributed by atoms with Crippen LogP contribution >= 0.6 is 0 Å². The Bertz CT molecular complexity index is 501. The number of aliphatic hydroxyl groups is 1. The fraction of sp³-hybridized carbons (Fsp3) is 0.600. The van der Waals surface area contributed by atoms with Crippen LogP contribution in [-0.2, 0) is 0 Å². The van der Waals surface area contributed by atoms with Crippen LogP contribution in [0.4, 0.5) is 4.39 Å². The van der Waals surface area contributed by atoms with E-state index >= 15 is 0 Å². The Kier molecular flexibility index (Phi) is 2.08. The summed E-state index contributed by atoms with van der Waals surface area (Å²) in [5.74, 6) is 1.56. The van der Waals surface area contributed by atoms with Crippen LogP contribution in [0.2, 0.25) is 0 Å². The molecule has 0 aromatic heterocycles. The summed E-state index contributed by atoms with van der Waals surface area (Å²) in [6, 6.07) is 4.46. The summed E-state index contributed by atoms with van der Waals surface area (Å²) in [7, 11) is 0. The molecule has 1 heterocycles. The Balaban J connectivity index is 1.75. The molecule has 0 saturated heterocycles. The zero-order chi connectivity index (χ0) is 12.3. The van der Waals surface area contributed by atoms with E-state index in [1.54, 1.807) is 6.07 Å². The molecule has 1 N–H and O–H groups in total. The quantitative estimate of drug-likeness (QED) is 0.764. The first-order valence-electron chi connectivity index (χ1n) is 6.83. The van der Waals surface area contributed by atoms with Crippen molar-refractivity contribution in [1.29, 1.82) is 0 Å². The number of aliphatic hydroxyl groups excluding tert-OH is 1. The average molecular weight is 248 g/mol. The van der Waals surface area contributed by atoms with Crippen LogP contribution < -0.4 is 4.74 Å². The molecular formula is C15H17FO2. The van der Waals surface area contributed by atoms with Crippen molar-refractivity contribution in [2.75, 3.05) is 0 Å². The van der Waals surface area contributed by atoms with Crippen molar-refractivity contribution in [2.24, 2.45) is 11.8 Å². The van der Waals surface area contributed by atoms with Gasteiger partial charge in [-0.25, -0.2) is 4.39 Å². The number of fused-ring (bicyclic) bond motifs is 4. The molecule has 2 saturated carbocycles. The summed E-state index contributed by atoms with van der Waals surface area (Å²) in [6.07, 6.45) is 4.91. The molecule has 4 rings (SSSR count). The first kappa shape index (κ1) is 10.8. The summed E-state index contributed by atoms with van der Waals surface area (Å²) in [4.78, 5) is 0. The second kappa shape index (κ2) is 3.47. The highest BCUT2D eigenvalue weighted by molar-refractivity contribution is 5.39. The minimum Gasteiger partial charge on any atom is -0.486 e. The van der Waals surface area contributed by atoms with Crippen molar-refractivity contribution in [3.63, 3.8) is 0 Å². The van der Waals surface area contributed by atoms with E-state index < -0.39 is 6.10 Å². The maximum Gasteiger partial charge on any atom is 0.128 e. The molecule has 3 aliphatic rings. The summed E-state index contributed by atoms with van der Waals surface area (Å²) in [5.41, 5.74) is 0.521. The Hall–Kier alpha value is -1.09. The number of benzene rings is 1. The molecule has 1 aromatic carbocycles. The molecule has 1 aromatic rings. The van der Waals surface area contributed by atoms with Crippen molar-refractivity contribution in [3.8, 4) is 5.75 Å². The Morgan fingerprint density at radius 3 is 2.89 bits per heavy atom. The molecule has 4 unspecified atom stereocenters. The minimum absolute atomic E-state index is 0.219. The van der Waals surface area contributed by atoms with E-state index in [1.165, 1.54) is 31.4 Å². The van der Waals surface area contributed by atoms with Crippen LogP contribution in [0, 0.1) is 17.7 Å². The molecule has 0 amide bonds. The second-order valence-corrected chi connectivity index (χ2v) is 6.15. The molecular weight excluding hydrogens is 231 g/mol. The third-order valence-corrected chi connectivity index (χ3v) is 5.11. The Morgan fingerprint density at radius 2 is 2.17 bits per heavy atom. The predicted molar refractivity (Wildman–Crippen MR) is 64.8 cm³/mol. The van der Waals surface area contributed by atoms with Gasteiger partial charge in [0.25, 0.3) is 0 Å². The van der Waals surface area contributed by atoms with Crippen molar-refractivity contribution < 1.29 is 14.2 Å². The van der Waals surface area contributed by atoms with E-state index in [4.69, 9.17) is 4.74 Å². The van der Waals surface area contributed by atoms with Crippen LogP contribution in [0.5, 0.6) is 5.75 Å². The van der Waals surface area contributed by atoms with Gasteiger partial charge in [0, 0.05) is 18.1 Å². The molecule has 2 aliphatic carbocycles. The highest BCUT2D eigenvalue weighted by Crippen LogP contribution is 2.57. The van der Waals surface area contributed by atoms with E-state index in [0.29, 0.717) is 18.1 Å². The Labute approximate surface area is 106 Å². The van der Waals surface area contributed by atoms with Crippen LogP contribution in [0.1, 0.15) is 43.8 Å². The number of halogens is 1. The minimum atomic E-state index is -0.506. The number of hydrogen-bond donors (Lipinski definition) is 1. The lowest BCUT2D eigenvalue weighted by Gasteiger charge is -2.43. The van der Waals surface area contributed by atoms with Gasteiger partial charge in [0.15, 0.2) is 0 Å². The third-order valence-electron chi connectivity index (χ3n) is 5.11. The topological polar surface area (TPSA) is 29.5 Å². The fourth-order valence-corrected chi connectivity index (χ4v) is 4.34. The first-order chi connectivity index (χ1) is 8.66. The molecule has 0 radical (unpaired) electrons.